The van der Waals surface area contributed by atoms with E-state index >= 15 is 0 Å². The van der Waals surface area contributed by atoms with E-state index in [1.807, 2.05) is 53.4 Å². The van der Waals surface area contributed by atoms with Crippen molar-refractivity contribution in [1.82, 2.24) is 14.9 Å². The van der Waals surface area contributed by atoms with Gasteiger partial charge >= 0.3 is 0 Å². The number of H-pyrrole nitrogens is 1. The lowest BCUT2D eigenvalue weighted by Crippen LogP contribution is -2.35. The summed E-state index contributed by atoms with van der Waals surface area (Å²) < 4.78 is 5.18. The molecule has 2 heterocycles. The molecule has 1 aliphatic heterocycles. The Morgan fingerprint density at radius 3 is 2.68 bits per heavy atom. The maximum Gasteiger partial charge on any atom is 0.222 e. The average Bonchev–Trinajstić information content (AvgIpc) is 3.01. The molecule has 4 rings (SSSR count). The highest BCUT2D eigenvalue weighted by Gasteiger charge is 2.20. The molecule has 6 nitrogen and oxygen atoms in total. The van der Waals surface area contributed by atoms with Gasteiger partial charge in [-0.3, -0.25) is 4.79 Å². The first-order chi connectivity index (χ1) is 13.7. The van der Waals surface area contributed by atoms with Crippen molar-refractivity contribution in [3.63, 3.8) is 0 Å². The number of methoxy groups -OCH3 is 1. The summed E-state index contributed by atoms with van der Waals surface area (Å²) in [5.74, 6) is 1.96. The Morgan fingerprint density at radius 1 is 1.07 bits per heavy atom. The minimum atomic E-state index is 0.224. The van der Waals surface area contributed by atoms with Crippen molar-refractivity contribution >= 4 is 22.9 Å². The van der Waals surface area contributed by atoms with E-state index in [4.69, 9.17) is 9.72 Å². The van der Waals surface area contributed by atoms with Gasteiger partial charge in [0.2, 0.25) is 11.9 Å². The Morgan fingerprint density at radius 2 is 1.89 bits per heavy atom. The van der Waals surface area contributed by atoms with E-state index in [1.165, 1.54) is 0 Å². The molecular weight excluding hydrogens is 352 g/mol. The number of fused-ring (bicyclic) bond motifs is 1. The van der Waals surface area contributed by atoms with E-state index in [1.54, 1.807) is 7.11 Å². The van der Waals surface area contributed by atoms with E-state index in [2.05, 4.69) is 9.88 Å². The molecule has 1 amide bonds. The molecule has 0 radical (unpaired) electrons. The summed E-state index contributed by atoms with van der Waals surface area (Å²) in [5.41, 5.74) is 3.19. The highest BCUT2D eigenvalue weighted by molar-refractivity contribution is 5.78. The van der Waals surface area contributed by atoms with Crippen molar-refractivity contribution in [2.75, 3.05) is 38.2 Å². The number of imidazole rings is 1. The molecule has 1 saturated heterocycles. The number of aryl methyl sites for hydroxylation is 1. The minimum Gasteiger partial charge on any atom is -0.497 e. The van der Waals surface area contributed by atoms with Crippen LogP contribution in [0.4, 0.5) is 5.95 Å². The van der Waals surface area contributed by atoms with E-state index in [-0.39, 0.29) is 5.91 Å². The summed E-state index contributed by atoms with van der Waals surface area (Å²) in [6.07, 6.45) is 2.24. The van der Waals surface area contributed by atoms with Gasteiger partial charge in [-0.15, -0.1) is 0 Å². The molecule has 0 bridgehead atoms. The van der Waals surface area contributed by atoms with Gasteiger partial charge in [-0.1, -0.05) is 24.3 Å². The summed E-state index contributed by atoms with van der Waals surface area (Å²) in [5, 5.41) is 0. The van der Waals surface area contributed by atoms with E-state index in [9.17, 15) is 4.79 Å². The van der Waals surface area contributed by atoms with Crippen molar-refractivity contribution in [2.24, 2.45) is 0 Å². The SMILES string of the molecule is COc1ccc(CCC(=O)N2CCCN(c3nc4ccccc4[nH]3)CC2)cc1. The fourth-order valence-electron chi connectivity index (χ4n) is 3.67. The second-order valence-corrected chi connectivity index (χ2v) is 7.15. The number of ether oxygens (including phenoxy) is 1. The maximum absolute atomic E-state index is 12.7. The number of benzene rings is 2. The Balaban J connectivity index is 1.33. The molecule has 2 aromatic carbocycles. The highest BCUT2D eigenvalue weighted by Crippen LogP contribution is 2.19. The summed E-state index contributed by atoms with van der Waals surface area (Å²) in [4.78, 5) is 25.0. The fourth-order valence-corrected chi connectivity index (χ4v) is 3.67. The van der Waals surface area contributed by atoms with Gasteiger partial charge in [-0.2, -0.15) is 0 Å². The summed E-state index contributed by atoms with van der Waals surface area (Å²) in [7, 11) is 1.66. The summed E-state index contributed by atoms with van der Waals surface area (Å²) in [6, 6.07) is 16.0. The van der Waals surface area contributed by atoms with Crippen LogP contribution in [0.3, 0.4) is 0 Å². The van der Waals surface area contributed by atoms with Crippen LogP contribution in [0.2, 0.25) is 0 Å². The third-order valence-electron chi connectivity index (χ3n) is 5.31. The third-order valence-corrected chi connectivity index (χ3v) is 5.31. The number of carbonyl (C=O) groups excluding carboxylic acids is 1. The number of hydrogen-bond donors (Lipinski definition) is 1. The summed E-state index contributed by atoms with van der Waals surface area (Å²) in [6.45, 7) is 3.24. The first-order valence-electron chi connectivity index (χ1n) is 9.83. The Kier molecular flexibility index (Phi) is 5.46. The van der Waals surface area contributed by atoms with Crippen LogP contribution in [0.15, 0.2) is 48.5 Å². The lowest BCUT2D eigenvalue weighted by Gasteiger charge is -2.22. The molecule has 0 atom stereocenters. The quantitative estimate of drug-likeness (QED) is 0.740. The molecule has 28 heavy (non-hydrogen) atoms. The van der Waals surface area contributed by atoms with Crippen LogP contribution >= 0.6 is 0 Å². The predicted molar refractivity (Wildman–Crippen MR) is 111 cm³/mol. The van der Waals surface area contributed by atoms with E-state index in [0.29, 0.717) is 6.42 Å². The maximum atomic E-state index is 12.7. The number of carbonyl (C=O) groups is 1. The molecule has 1 aromatic heterocycles. The second kappa shape index (κ2) is 8.33. The average molecular weight is 378 g/mol. The van der Waals surface area contributed by atoms with E-state index in [0.717, 1.165) is 67.3 Å². The molecule has 6 heteroatoms. The largest absolute Gasteiger partial charge is 0.497 e. The highest BCUT2D eigenvalue weighted by atomic mass is 16.5. The molecule has 0 saturated carbocycles. The number of amides is 1. The van der Waals surface area contributed by atoms with Gasteiger partial charge in [0.15, 0.2) is 0 Å². The number of nitrogens with one attached hydrogen (secondary N) is 1. The topological polar surface area (TPSA) is 61.5 Å². The molecule has 1 aliphatic rings. The fraction of sp³-hybridized carbons (Fsp3) is 0.364. The zero-order valence-corrected chi connectivity index (χ0v) is 16.2. The van der Waals surface area contributed by atoms with Gasteiger partial charge in [-0.05, 0) is 42.7 Å². The van der Waals surface area contributed by atoms with Crippen molar-refractivity contribution in [3.05, 3.63) is 54.1 Å². The third kappa shape index (κ3) is 4.11. The van der Waals surface area contributed by atoms with Gasteiger partial charge in [-0.25, -0.2) is 4.98 Å². The first-order valence-corrected chi connectivity index (χ1v) is 9.83. The van der Waals surface area contributed by atoms with Crippen LogP contribution in [0.25, 0.3) is 11.0 Å². The van der Waals surface area contributed by atoms with Crippen molar-refractivity contribution in [2.45, 2.75) is 19.3 Å². The minimum absolute atomic E-state index is 0.224. The van der Waals surface area contributed by atoms with Gasteiger partial charge in [0.25, 0.3) is 0 Å². The number of nitrogens with zero attached hydrogens (tertiary/aromatic N) is 3. The molecule has 146 valence electrons. The second-order valence-electron chi connectivity index (χ2n) is 7.15. The summed E-state index contributed by atoms with van der Waals surface area (Å²) >= 11 is 0. The van der Waals surface area contributed by atoms with Gasteiger partial charge in [0.05, 0.1) is 18.1 Å². The molecule has 3 aromatic rings. The van der Waals surface area contributed by atoms with Crippen molar-refractivity contribution in [1.29, 1.82) is 0 Å². The molecule has 1 fully saturated rings. The number of aromatic amines is 1. The zero-order chi connectivity index (χ0) is 19.3. The van der Waals surface area contributed by atoms with Gasteiger partial charge in [0, 0.05) is 32.6 Å². The van der Waals surface area contributed by atoms with Crippen LogP contribution in [0, 0.1) is 0 Å². The Labute approximate surface area is 165 Å². The lowest BCUT2D eigenvalue weighted by molar-refractivity contribution is -0.130. The van der Waals surface area contributed by atoms with Crippen molar-refractivity contribution in [3.8, 4) is 5.75 Å². The standard InChI is InChI=1S/C22H26N4O2/c1-28-18-10-7-17(8-11-18)9-12-21(27)25-13-4-14-26(16-15-25)22-23-19-5-2-3-6-20(19)24-22/h2-3,5-8,10-11H,4,9,12-16H2,1H3,(H,23,24). The number of anilines is 1. The molecule has 1 N–H and O–H groups in total. The zero-order valence-electron chi connectivity index (χ0n) is 16.2. The normalized spacial score (nSPS) is 14.9. The van der Waals surface area contributed by atoms with Crippen LogP contribution < -0.4 is 9.64 Å². The van der Waals surface area contributed by atoms with Crippen LogP contribution in [-0.2, 0) is 11.2 Å². The lowest BCUT2D eigenvalue weighted by atomic mass is 10.1. The molecule has 0 aliphatic carbocycles. The Hall–Kier alpha value is -3.02. The first kappa shape index (κ1) is 18.3. The molecule has 0 spiro atoms. The van der Waals surface area contributed by atoms with Crippen LogP contribution in [-0.4, -0.2) is 54.1 Å². The van der Waals surface area contributed by atoms with Gasteiger partial charge < -0.3 is 19.5 Å². The van der Waals surface area contributed by atoms with E-state index < -0.39 is 0 Å². The predicted octanol–water partition coefficient (Wildman–Crippen LogP) is 3.24. The molecule has 0 unspecified atom stereocenters. The number of hydrogen-bond acceptors (Lipinski definition) is 4. The molecular formula is C22H26N4O2. The number of rotatable bonds is 5. The van der Waals surface area contributed by atoms with Crippen molar-refractivity contribution < 1.29 is 9.53 Å². The Bertz CT molecular complexity index is 902. The smallest absolute Gasteiger partial charge is 0.222 e. The number of para-hydroxylation sites is 2. The van der Waals surface area contributed by atoms with Gasteiger partial charge in [0.1, 0.15) is 5.75 Å². The van der Waals surface area contributed by atoms with Crippen LogP contribution in [0.1, 0.15) is 18.4 Å². The monoisotopic (exact) mass is 378 g/mol. The number of aromatic nitrogens is 2. The van der Waals surface area contributed by atoms with Crippen LogP contribution in [0.5, 0.6) is 5.75 Å².